The summed E-state index contributed by atoms with van der Waals surface area (Å²) in [4.78, 5) is 23.7. The normalized spacial score (nSPS) is 20.4. The van der Waals surface area contributed by atoms with Crippen LogP contribution in [0, 0.1) is 5.41 Å². The van der Waals surface area contributed by atoms with Gasteiger partial charge in [0.1, 0.15) is 0 Å². The van der Waals surface area contributed by atoms with E-state index < -0.39 is 5.97 Å². The fourth-order valence-corrected chi connectivity index (χ4v) is 3.27. The van der Waals surface area contributed by atoms with Crippen molar-refractivity contribution in [2.45, 2.75) is 17.7 Å². The maximum atomic E-state index is 11.9. The van der Waals surface area contributed by atoms with Gasteiger partial charge in [-0.1, -0.05) is 0 Å². The molecule has 1 heterocycles. The lowest BCUT2D eigenvalue weighted by Crippen LogP contribution is -2.24. The molecule has 2 aliphatic rings. The average molecular weight is 249 g/mol. The molecule has 0 atom stereocenters. The molecule has 3 rings (SSSR count). The van der Waals surface area contributed by atoms with Crippen LogP contribution in [-0.4, -0.2) is 22.7 Å². The third-order valence-electron chi connectivity index (χ3n) is 3.32. The van der Waals surface area contributed by atoms with Gasteiger partial charge in [0.25, 0.3) is 0 Å². The maximum absolute atomic E-state index is 11.9. The summed E-state index contributed by atoms with van der Waals surface area (Å²) in [7, 11) is 0. The maximum Gasteiger partial charge on any atom is 0.335 e. The third-order valence-corrected chi connectivity index (χ3v) is 4.66. The molecule has 0 bridgehead atoms. The van der Waals surface area contributed by atoms with Crippen molar-refractivity contribution in [1.82, 2.24) is 0 Å². The highest BCUT2D eigenvalue weighted by atomic mass is 32.2. The Bertz CT molecular complexity index is 522. The Hall–Kier alpha value is -1.49. The molecule has 1 aliphatic heterocycles. The average Bonchev–Trinajstić information content (AvgIpc) is 3.09. The van der Waals surface area contributed by atoms with E-state index in [-0.39, 0.29) is 16.9 Å². The number of thioether (sulfide) groups is 1. The van der Waals surface area contributed by atoms with E-state index in [1.807, 2.05) is 0 Å². The topological polar surface area (TPSA) is 66.4 Å². The Kier molecular flexibility index (Phi) is 2.19. The van der Waals surface area contributed by atoms with Crippen LogP contribution in [0.2, 0.25) is 0 Å². The van der Waals surface area contributed by atoms with Crippen molar-refractivity contribution in [3.05, 3.63) is 23.8 Å². The van der Waals surface area contributed by atoms with E-state index in [2.05, 4.69) is 5.32 Å². The number of benzene rings is 1. The summed E-state index contributed by atoms with van der Waals surface area (Å²) >= 11 is 1.57. The van der Waals surface area contributed by atoms with Crippen molar-refractivity contribution in [2.75, 3.05) is 11.1 Å². The molecule has 1 aliphatic carbocycles. The number of carbonyl (C=O) groups excluding carboxylic acids is 1. The molecule has 4 nitrogen and oxygen atoms in total. The third kappa shape index (κ3) is 1.70. The van der Waals surface area contributed by atoms with Crippen LogP contribution in [0.1, 0.15) is 23.2 Å². The second-order valence-corrected chi connectivity index (χ2v) is 5.56. The van der Waals surface area contributed by atoms with Crippen LogP contribution in [0.25, 0.3) is 0 Å². The highest BCUT2D eigenvalue weighted by molar-refractivity contribution is 7.99. The standard InChI is InChI=1S/C12H11NO3S/c14-10(15)7-1-2-8-9(5-7)17-6-12(3-4-12)11(16)13-8/h1-2,5H,3-4,6H2,(H,13,16)(H,14,15). The summed E-state index contributed by atoms with van der Waals surface area (Å²) in [5.74, 6) is -0.119. The predicted octanol–water partition coefficient (Wildman–Crippen LogP) is 2.21. The second kappa shape index (κ2) is 3.50. The number of aromatic carboxylic acids is 1. The molecule has 0 radical (unpaired) electrons. The zero-order chi connectivity index (χ0) is 12.0. The van der Waals surface area contributed by atoms with Crippen molar-refractivity contribution in [3.63, 3.8) is 0 Å². The van der Waals surface area contributed by atoms with Gasteiger partial charge in [0.15, 0.2) is 0 Å². The lowest BCUT2D eigenvalue weighted by atomic mass is 10.1. The molecule has 1 amide bonds. The van der Waals surface area contributed by atoms with Gasteiger partial charge in [-0.25, -0.2) is 4.79 Å². The highest BCUT2D eigenvalue weighted by Gasteiger charge is 2.50. The molecule has 5 heteroatoms. The molecule has 1 aromatic rings. The van der Waals surface area contributed by atoms with E-state index in [0.717, 1.165) is 29.2 Å². The molecule has 2 N–H and O–H groups in total. The van der Waals surface area contributed by atoms with Crippen LogP contribution in [0.5, 0.6) is 0 Å². The van der Waals surface area contributed by atoms with Crippen LogP contribution >= 0.6 is 11.8 Å². The Balaban J connectivity index is 1.98. The molecule has 88 valence electrons. The summed E-state index contributed by atoms with van der Waals surface area (Å²) in [5, 5.41) is 11.8. The number of carboxylic acid groups (broad SMARTS) is 1. The fourth-order valence-electron chi connectivity index (χ4n) is 1.94. The van der Waals surface area contributed by atoms with Gasteiger partial charge in [-0.05, 0) is 31.0 Å². The van der Waals surface area contributed by atoms with E-state index in [1.54, 1.807) is 23.9 Å². The van der Waals surface area contributed by atoms with Crippen LogP contribution in [0.4, 0.5) is 5.69 Å². The van der Waals surface area contributed by atoms with Crippen LogP contribution in [0.3, 0.4) is 0 Å². The van der Waals surface area contributed by atoms with Gasteiger partial charge in [-0.15, -0.1) is 11.8 Å². The zero-order valence-electron chi connectivity index (χ0n) is 9.03. The Morgan fingerprint density at radius 2 is 2.18 bits per heavy atom. The van der Waals surface area contributed by atoms with E-state index in [1.165, 1.54) is 6.07 Å². The number of nitrogens with one attached hydrogen (secondary N) is 1. The number of anilines is 1. The molecule has 1 spiro atoms. The van der Waals surface area contributed by atoms with E-state index in [0.29, 0.717) is 0 Å². The molecule has 1 fully saturated rings. The lowest BCUT2D eigenvalue weighted by molar-refractivity contribution is -0.120. The molecule has 0 aromatic heterocycles. The van der Waals surface area contributed by atoms with Gasteiger partial charge >= 0.3 is 5.97 Å². The summed E-state index contributed by atoms with van der Waals surface area (Å²) in [6.45, 7) is 0. The quantitative estimate of drug-likeness (QED) is 0.800. The first-order valence-electron chi connectivity index (χ1n) is 5.42. The van der Waals surface area contributed by atoms with Crippen molar-refractivity contribution in [3.8, 4) is 0 Å². The largest absolute Gasteiger partial charge is 0.478 e. The molecule has 17 heavy (non-hydrogen) atoms. The number of hydrogen-bond donors (Lipinski definition) is 2. The SMILES string of the molecule is O=C(O)c1ccc2c(c1)SCC1(CC1)C(=O)N2. The minimum absolute atomic E-state index is 0.0758. The first-order valence-corrected chi connectivity index (χ1v) is 6.41. The van der Waals surface area contributed by atoms with Gasteiger partial charge in [-0.2, -0.15) is 0 Å². The Morgan fingerprint density at radius 3 is 2.82 bits per heavy atom. The number of amides is 1. The van der Waals surface area contributed by atoms with Crippen LogP contribution in [0.15, 0.2) is 23.1 Å². The highest BCUT2D eigenvalue weighted by Crippen LogP contribution is 2.52. The summed E-state index contributed by atoms with van der Waals surface area (Å²) in [6, 6.07) is 4.82. The minimum atomic E-state index is -0.940. The molecule has 0 unspecified atom stereocenters. The number of carbonyl (C=O) groups is 2. The molecule has 1 aromatic carbocycles. The summed E-state index contributed by atoms with van der Waals surface area (Å²) < 4.78 is 0. The Labute approximate surface area is 102 Å². The molecule has 1 saturated carbocycles. The number of carboxylic acids is 1. The molecular weight excluding hydrogens is 238 g/mol. The second-order valence-electron chi connectivity index (χ2n) is 4.54. The fraction of sp³-hybridized carbons (Fsp3) is 0.333. The lowest BCUT2D eigenvalue weighted by Gasteiger charge is -2.08. The predicted molar refractivity (Wildman–Crippen MR) is 64.4 cm³/mol. The molecular formula is C12H11NO3S. The van der Waals surface area contributed by atoms with Gasteiger partial charge < -0.3 is 10.4 Å². The Morgan fingerprint density at radius 1 is 1.41 bits per heavy atom. The van der Waals surface area contributed by atoms with Gasteiger partial charge in [0, 0.05) is 10.6 Å². The van der Waals surface area contributed by atoms with E-state index >= 15 is 0 Å². The van der Waals surface area contributed by atoms with Crippen LogP contribution in [-0.2, 0) is 4.79 Å². The van der Waals surface area contributed by atoms with Crippen molar-refractivity contribution in [1.29, 1.82) is 0 Å². The van der Waals surface area contributed by atoms with E-state index in [9.17, 15) is 9.59 Å². The van der Waals surface area contributed by atoms with Gasteiger partial charge in [0.05, 0.1) is 16.7 Å². The monoisotopic (exact) mass is 249 g/mol. The summed E-state index contributed by atoms with van der Waals surface area (Å²) in [6.07, 6.45) is 1.87. The van der Waals surface area contributed by atoms with Crippen LogP contribution < -0.4 is 5.32 Å². The van der Waals surface area contributed by atoms with E-state index in [4.69, 9.17) is 5.11 Å². The zero-order valence-corrected chi connectivity index (χ0v) is 9.84. The van der Waals surface area contributed by atoms with Gasteiger partial charge in [0.2, 0.25) is 5.91 Å². The minimum Gasteiger partial charge on any atom is -0.478 e. The first-order chi connectivity index (χ1) is 8.11. The molecule has 0 saturated heterocycles. The first kappa shape index (κ1) is 10.7. The smallest absolute Gasteiger partial charge is 0.335 e. The number of hydrogen-bond acceptors (Lipinski definition) is 3. The number of fused-ring (bicyclic) bond motifs is 1. The van der Waals surface area contributed by atoms with Crippen molar-refractivity contribution >= 4 is 29.3 Å². The van der Waals surface area contributed by atoms with Gasteiger partial charge in [-0.3, -0.25) is 4.79 Å². The number of rotatable bonds is 1. The van der Waals surface area contributed by atoms with Crippen molar-refractivity contribution in [2.24, 2.45) is 5.41 Å². The summed E-state index contributed by atoms with van der Waals surface area (Å²) in [5.41, 5.74) is 0.790. The van der Waals surface area contributed by atoms with Crippen molar-refractivity contribution < 1.29 is 14.7 Å².